The van der Waals surface area contributed by atoms with Crippen molar-refractivity contribution in [2.24, 2.45) is 0 Å². The first kappa shape index (κ1) is 9.73. The van der Waals surface area contributed by atoms with Gasteiger partial charge < -0.3 is 15.4 Å². The molecule has 0 amide bonds. The third-order valence-corrected chi connectivity index (χ3v) is 2.71. The van der Waals surface area contributed by atoms with Gasteiger partial charge in [-0.05, 0) is 12.1 Å². The van der Waals surface area contributed by atoms with E-state index < -0.39 is 0 Å². The second-order valence-corrected chi connectivity index (χ2v) is 4.19. The highest BCUT2D eigenvalue weighted by molar-refractivity contribution is 9.09. The first-order valence-corrected chi connectivity index (χ1v) is 5.39. The Morgan fingerprint density at radius 1 is 1.57 bits per heavy atom. The number of nitrogens with two attached hydrogens (primary N) is 1. The maximum absolute atomic E-state index is 5.52. The SMILES string of the molecule is Nc1ccc(N2CCOC(Br)C2)cn1. The van der Waals surface area contributed by atoms with E-state index in [9.17, 15) is 0 Å². The fraction of sp³-hybridized carbons (Fsp3) is 0.444. The molecule has 1 aromatic heterocycles. The van der Waals surface area contributed by atoms with Crippen LogP contribution >= 0.6 is 15.9 Å². The molecule has 1 saturated heterocycles. The van der Waals surface area contributed by atoms with Gasteiger partial charge >= 0.3 is 0 Å². The van der Waals surface area contributed by atoms with Crippen LogP contribution in [0.25, 0.3) is 0 Å². The van der Waals surface area contributed by atoms with Gasteiger partial charge in [-0.2, -0.15) is 0 Å². The Kier molecular flexibility index (Phi) is 2.88. The third kappa shape index (κ3) is 2.16. The first-order valence-electron chi connectivity index (χ1n) is 4.48. The standard InChI is InChI=1S/C9H12BrN3O/c10-8-6-13(3-4-14-8)7-1-2-9(11)12-5-7/h1-2,5,8H,3-4,6H2,(H2,11,12). The number of hydrogen-bond acceptors (Lipinski definition) is 4. The number of nitrogens with zero attached hydrogens (tertiary/aromatic N) is 2. The van der Waals surface area contributed by atoms with Crippen LogP contribution in [0.4, 0.5) is 11.5 Å². The van der Waals surface area contributed by atoms with E-state index in [4.69, 9.17) is 10.5 Å². The summed E-state index contributed by atoms with van der Waals surface area (Å²) in [6.07, 6.45) is 1.79. The minimum Gasteiger partial charge on any atom is -0.384 e. The molecule has 2 N–H and O–H groups in total. The van der Waals surface area contributed by atoms with E-state index in [1.54, 1.807) is 6.20 Å². The predicted molar refractivity (Wildman–Crippen MR) is 59.5 cm³/mol. The number of hydrogen-bond donors (Lipinski definition) is 1. The molecule has 2 heterocycles. The van der Waals surface area contributed by atoms with Gasteiger partial charge in [-0.15, -0.1) is 0 Å². The van der Waals surface area contributed by atoms with Gasteiger partial charge in [-0.25, -0.2) is 4.98 Å². The number of anilines is 2. The third-order valence-electron chi connectivity index (χ3n) is 2.16. The van der Waals surface area contributed by atoms with Crippen molar-refractivity contribution in [1.29, 1.82) is 0 Å². The van der Waals surface area contributed by atoms with Gasteiger partial charge in [-0.1, -0.05) is 15.9 Å². The second-order valence-electron chi connectivity index (χ2n) is 3.17. The summed E-state index contributed by atoms with van der Waals surface area (Å²) in [4.78, 5) is 6.28. The molecule has 2 rings (SSSR count). The van der Waals surface area contributed by atoms with Gasteiger partial charge in [0.15, 0.2) is 0 Å². The Labute approximate surface area is 91.2 Å². The van der Waals surface area contributed by atoms with E-state index >= 15 is 0 Å². The zero-order valence-electron chi connectivity index (χ0n) is 7.69. The van der Waals surface area contributed by atoms with Crippen molar-refractivity contribution in [2.75, 3.05) is 30.3 Å². The smallest absolute Gasteiger partial charge is 0.129 e. The average molecular weight is 258 g/mol. The van der Waals surface area contributed by atoms with Crippen molar-refractivity contribution < 1.29 is 4.74 Å². The van der Waals surface area contributed by atoms with Crippen molar-refractivity contribution >= 4 is 27.4 Å². The minimum atomic E-state index is 0.105. The lowest BCUT2D eigenvalue weighted by atomic mass is 10.3. The normalized spacial score (nSPS) is 22.4. The summed E-state index contributed by atoms with van der Waals surface area (Å²) in [5.74, 6) is 0.553. The molecule has 14 heavy (non-hydrogen) atoms. The maximum Gasteiger partial charge on any atom is 0.129 e. The van der Waals surface area contributed by atoms with Gasteiger partial charge in [0, 0.05) is 6.54 Å². The number of halogens is 1. The summed E-state index contributed by atoms with van der Waals surface area (Å²) in [5, 5.41) is 0.105. The summed E-state index contributed by atoms with van der Waals surface area (Å²) in [5.41, 5.74) is 6.61. The molecule has 76 valence electrons. The molecule has 1 fully saturated rings. The van der Waals surface area contributed by atoms with Crippen molar-refractivity contribution in [1.82, 2.24) is 4.98 Å². The van der Waals surface area contributed by atoms with Crippen LogP contribution in [0.3, 0.4) is 0 Å². The number of aromatic nitrogens is 1. The lowest BCUT2D eigenvalue weighted by Gasteiger charge is -2.31. The molecule has 5 heteroatoms. The van der Waals surface area contributed by atoms with Gasteiger partial charge in [0.1, 0.15) is 10.8 Å². The number of pyridine rings is 1. The summed E-state index contributed by atoms with van der Waals surface area (Å²) in [6, 6.07) is 3.79. The molecule has 1 atom stereocenters. The fourth-order valence-electron chi connectivity index (χ4n) is 1.43. The monoisotopic (exact) mass is 257 g/mol. The van der Waals surface area contributed by atoms with Gasteiger partial charge in [0.25, 0.3) is 0 Å². The Balaban J connectivity index is 2.10. The van der Waals surface area contributed by atoms with Gasteiger partial charge in [0.2, 0.25) is 0 Å². The van der Waals surface area contributed by atoms with E-state index in [0.29, 0.717) is 5.82 Å². The fourth-order valence-corrected chi connectivity index (χ4v) is 1.96. The number of rotatable bonds is 1. The highest BCUT2D eigenvalue weighted by atomic mass is 79.9. The highest BCUT2D eigenvalue weighted by Crippen LogP contribution is 2.19. The number of alkyl halides is 1. The molecule has 4 nitrogen and oxygen atoms in total. The van der Waals surface area contributed by atoms with Crippen LogP contribution < -0.4 is 10.6 Å². The van der Waals surface area contributed by atoms with Crippen LogP contribution in [0.15, 0.2) is 18.3 Å². The van der Waals surface area contributed by atoms with Crippen molar-refractivity contribution in [3.63, 3.8) is 0 Å². The lowest BCUT2D eigenvalue weighted by molar-refractivity contribution is 0.103. The molecular formula is C9H12BrN3O. The molecule has 1 aromatic rings. The largest absolute Gasteiger partial charge is 0.384 e. The van der Waals surface area contributed by atoms with Gasteiger partial charge in [0.05, 0.1) is 25.0 Å². The van der Waals surface area contributed by atoms with Crippen molar-refractivity contribution in [3.05, 3.63) is 18.3 Å². The van der Waals surface area contributed by atoms with Crippen LogP contribution in [0, 0.1) is 0 Å². The molecule has 0 radical (unpaired) electrons. The zero-order chi connectivity index (χ0) is 9.97. The van der Waals surface area contributed by atoms with E-state index in [0.717, 1.165) is 25.4 Å². The molecule has 1 aliphatic rings. The summed E-state index contributed by atoms with van der Waals surface area (Å²) in [6.45, 7) is 2.47. The lowest BCUT2D eigenvalue weighted by Crippen LogP contribution is -2.39. The Bertz CT molecular complexity index is 303. The summed E-state index contributed by atoms with van der Waals surface area (Å²) in [7, 11) is 0. The molecule has 1 aliphatic heterocycles. The summed E-state index contributed by atoms with van der Waals surface area (Å²) < 4.78 is 5.38. The zero-order valence-corrected chi connectivity index (χ0v) is 9.27. The van der Waals surface area contributed by atoms with Gasteiger partial charge in [-0.3, -0.25) is 0 Å². The van der Waals surface area contributed by atoms with E-state index in [1.807, 2.05) is 12.1 Å². The van der Waals surface area contributed by atoms with Crippen molar-refractivity contribution in [2.45, 2.75) is 5.01 Å². The Morgan fingerprint density at radius 2 is 2.43 bits per heavy atom. The molecule has 0 aliphatic carbocycles. The molecule has 0 saturated carbocycles. The van der Waals surface area contributed by atoms with Crippen molar-refractivity contribution in [3.8, 4) is 0 Å². The highest BCUT2D eigenvalue weighted by Gasteiger charge is 2.17. The quantitative estimate of drug-likeness (QED) is 0.769. The average Bonchev–Trinajstić information content (AvgIpc) is 2.19. The second kappa shape index (κ2) is 4.14. The van der Waals surface area contributed by atoms with Crippen LogP contribution in [0.2, 0.25) is 0 Å². The minimum absolute atomic E-state index is 0.105. The van der Waals surface area contributed by atoms with Crippen LogP contribution in [0.5, 0.6) is 0 Å². The predicted octanol–water partition coefficient (Wildman–Crippen LogP) is 1.22. The van der Waals surface area contributed by atoms with Crippen LogP contribution in [0.1, 0.15) is 0 Å². The molecule has 0 bridgehead atoms. The maximum atomic E-state index is 5.52. The molecular weight excluding hydrogens is 246 g/mol. The topological polar surface area (TPSA) is 51.4 Å². The van der Waals surface area contributed by atoms with Crippen LogP contribution in [-0.2, 0) is 4.74 Å². The molecule has 1 unspecified atom stereocenters. The number of morpholine rings is 1. The number of nitrogen functional groups attached to an aromatic ring is 1. The first-order chi connectivity index (χ1) is 6.75. The van der Waals surface area contributed by atoms with Crippen LogP contribution in [-0.4, -0.2) is 29.7 Å². The number of ether oxygens (including phenoxy) is 1. The molecule has 0 spiro atoms. The Hall–Kier alpha value is -0.810. The summed E-state index contributed by atoms with van der Waals surface area (Å²) >= 11 is 3.43. The van der Waals surface area contributed by atoms with E-state index in [2.05, 4.69) is 25.8 Å². The van der Waals surface area contributed by atoms with E-state index in [1.165, 1.54) is 0 Å². The van der Waals surface area contributed by atoms with E-state index in [-0.39, 0.29) is 5.01 Å². The molecule has 0 aromatic carbocycles. The Morgan fingerprint density at radius 3 is 3.07 bits per heavy atom.